The van der Waals surface area contributed by atoms with Crippen molar-refractivity contribution >= 4 is 38.7 Å². The Hall–Kier alpha value is -4.23. The molecule has 7 heteroatoms. The number of carbonyl (C=O) groups excluding carboxylic acids is 2. The van der Waals surface area contributed by atoms with Gasteiger partial charge in [-0.25, -0.2) is 4.79 Å². The Morgan fingerprint density at radius 1 is 0.951 bits per heavy atom. The van der Waals surface area contributed by atoms with Crippen LogP contribution in [0.5, 0.6) is 0 Å². The lowest BCUT2D eigenvalue weighted by Crippen LogP contribution is -2.26. The lowest BCUT2D eigenvalue weighted by Gasteiger charge is -2.20. The van der Waals surface area contributed by atoms with Gasteiger partial charge in [0.05, 0.1) is 29.9 Å². The van der Waals surface area contributed by atoms with E-state index in [2.05, 4.69) is 26.3 Å². The van der Waals surface area contributed by atoms with E-state index in [0.29, 0.717) is 17.7 Å². The molecule has 0 bridgehead atoms. The minimum atomic E-state index is -0.566. The number of aromatic nitrogens is 2. The second-order valence-corrected chi connectivity index (χ2v) is 12.0. The Morgan fingerprint density at radius 3 is 2.37 bits per heavy atom. The first-order chi connectivity index (χ1) is 19.6. The molecule has 0 radical (unpaired) electrons. The van der Waals surface area contributed by atoms with Gasteiger partial charge in [-0.1, -0.05) is 70.5 Å². The van der Waals surface area contributed by atoms with Crippen LogP contribution in [0, 0.1) is 0 Å². The number of benzene rings is 4. The van der Waals surface area contributed by atoms with E-state index in [1.54, 1.807) is 12.3 Å². The van der Waals surface area contributed by atoms with Gasteiger partial charge in [0.1, 0.15) is 5.60 Å². The summed E-state index contributed by atoms with van der Waals surface area (Å²) >= 11 is 3.45. The maximum atomic E-state index is 12.9. The summed E-state index contributed by atoms with van der Waals surface area (Å²) in [4.78, 5) is 25.7. The lowest BCUT2D eigenvalue weighted by atomic mass is 9.98. The van der Waals surface area contributed by atoms with Crippen LogP contribution in [0.1, 0.15) is 65.6 Å². The second kappa shape index (κ2) is 11.7. The van der Waals surface area contributed by atoms with Crippen molar-refractivity contribution < 1.29 is 14.3 Å². The molecule has 6 nitrogen and oxygen atoms in total. The van der Waals surface area contributed by atoms with E-state index in [4.69, 9.17) is 4.74 Å². The Kier molecular flexibility index (Phi) is 8.08. The van der Waals surface area contributed by atoms with Crippen LogP contribution in [0.25, 0.3) is 22.0 Å². The van der Waals surface area contributed by atoms with Crippen molar-refractivity contribution in [1.82, 2.24) is 15.1 Å². The molecule has 0 saturated carbocycles. The Labute approximate surface area is 248 Å². The maximum Gasteiger partial charge on any atom is 0.339 e. The second-order valence-electron chi connectivity index (χ2n) is 11.1. The summed E-state index contributed by atoms with van der Waals surface area (Å²) in [5, 5.41) is 8.55. The molecular weight excluding hydrogens is 578 g/mol. The number of fused-ring (bicyclic) bond motifs is 1. The van der Waals surface area contributed by atoms with Crippen molar-refractivity contribution in [2.45, 2.75) is 45.9 Å². The SMILES string of the molecule is C[C@H](NC(=O)c1ccc2c(cnn2Cc2ccc(-c3ccccc3C(=O)OC(C)(C)C)cc2)c1)c1ccc(Br)cc1. The smallest absolute Gasteiger partial charge is 0.339 e. The first-order valence-corrected chi connectivity index (χ1v) is 14.3. The topological polar surface area (TPSA) is 73.2 Å². The van der Waals surface area contributed by atoms with E-state index in [1.165, 1.54) is 0 Å². The monoisotopic (exact) mass is 609 g/mol. The fourth-order valence-corrected chi connectivity index (χ4v) is 4.94. The Morgan fingerprint density at radius 2 is 1.66 bits per heavy atom. The highest BCUT2D eigenvalue weighted by Gasteiger charge is 2.21. The van der Waals surface area contributed by atoms with Crippen molar-refractivity contribution in [3.05, 3.63) is 124 Å². The van der Waals surface area contributed by atoms with E-state index < -0.39 is 5.60 Å². The highest BCUT2D eigenvalue weighted by molar-refractivity contribution is 9.10. The van der Waals surface area contributed by atoms with Gasteiger partial charge < -0.3 is 10.1 Å². The average Bonchev–Trinajstić information content (AvgIpc) is 3.34. The molecule has 1 atom stereocenters. The molecule has 1 N–H and O–H groups in total. The lowest BCUT2D eigenvalue weighted by molar-refractivity contribution is 0.00703. The van der Waals surface area contributed by atoms with Gasteiger partial charge in [-0.15, -0.1) is 0 Å². The molecule has 0 spiro atoms. The number of hydrogen-bond acceptors (Lipinski definition) is 4. The Bertz CT molecular complexity index is 1700. The molecule has 4 aromatic carbocycles. The standard InChI is InChI=1S/C34H32BrN3O3/c1-22(24-13-16-28(35)17-14-24)37-32(39)26-15-18-31-27(19-26)20-36-38(31)21-23-9-11-25(12-10-23)29-7-5-6-8-30(29)33(40)41-34(2,3)4/h5-20,22H,21H2,1-4H3,(H,37,39)/t22-/m0/s1. The summed E-state index contributed by atoms with van der Waals surface area (Å²) in [6, 6.07) is 29.1. The van der Waals surface area contributed by atoms with Crippen LogP contribution in [0.3, 0.4) is 0 Å². The van der Waals surface area contributed by atoms with E-state index in [1.807, 2.05) is 117 Å². The van der Waals surface area contributed by atoms with Crippen LogP contribution in [0.2, 0.25) is 0 Å². The number of nitrogens with one attached hydrogen (secondary N) is 1. The number of rotatable bonds is 7. The highest BCUT2D eigenvalue weighted by Crippen LogP contribution is 2.27. The first kappa shape index (κ1) is 28.3. The minimum absolute atomic E-state index is 0.118. The van der Waals surface area contributed by atoms with E-state index in [9.17, 15) is 9.59 Å². The van der Waals surface area contributed by atoms with Crippen LogP contribution in [0.15, 0.2) is 102 Å². The third kappa shape index (κ3) is 6.74. The summed E-state index contributed by atoms with van der Waals surface area (Å²) in [6.07, 6.45) is 1.79. The number of halogens is 1. The molecule has 0 fully saturated rings. The summed E-state index contributed by atoms with van der Waals surface area (Å²) < 4.78 is 8.53. The van der Waals surface area contributed by atoms with E-state index in [-0.39, 0.29) is 17.9 Å². The number of carbonyl (C=O) groups is 2. The largest absolute Gasteiger partial charge is 0.456 e. The maximum absolute atomic E-state index is 12.9. The van der Waals surface area contributed by atoms with Crippen molar-refractivity contribution in [2.24, 2.45) is 0 Å². The van der Waals surface area contributed by atoms with Crippen LogP contribution < -0.4 is 5.32 Å². The van der Waals surface area contributed by atoms with Crippen LogP contribution in [-0.4, -0.2) is 27.3 Å². The van der Waals surface area contributed by atoms with Gasteiger partial charge in [0.15, 0.2) is 0 Å². The summed E-state index contributed by atoms with van der Waals surface area (Å²) in [6.45, 7) is 8.14. The van der Waals surface area contributed by atoms with Gasteiger partial charge in [-0.2, -0.15) is 5.10 Å². The normalized spacial score (nSPS) is 12.2. The fourth-order valence-electron chi connectivity index (χ4n) is 4.68. The third-order valence-corrected chi connectivity index (χ3v) is 7.29. The number of amides is 1. The fraction of sp³-hybridized carbons (Fsp3) is 0.206. The third-order valence-electron chi connectivity index (χ3n) is 6.76. The molecule has 41 heavy (non-hydrogen) atoms. The number of esters is 1. The minimum Gasteiger partial charge on any atom is -0.456 e. The van der Waals surface area contributed by atoms with Gasteiger partial charge in [0.25, 0.3) is 5.91 Å². The van der Waals surface area contributed by atoms with Crippen LogP contribution in [-0.2, 0) is 11.3 Å². The van der Waals surface area contributed by atoms with Crippen molar-refractivity contribution in [2.75, 3.05) is 0 Å². The van der Waals surface area contributed by atoms with Crippen LogP contribution >= 0.6 is 15.9 Å². The molecular formula is C34H32BrN3O3. The molecule has 208 valence electrons. The summed E-state index contributed by atoms with van der Waals surface area (Å²) in [5.41, 5.74) is 5.39. The quantitative estimate of drug-likeness (QED) is 0.190. The van der Waals surface area contributed by atoms with Crippen molar-refractivity contribution in [3.8, 4) is 11.1 Å². The molecule has 0 aliphatic rings. The molecule has 1 amide bonds. The zero-order valence-corrected chi connectivity index (χ0v) is 25.1. The number of ether oxygens (including phenoxy) is 1. The summed E-state index contributed by atoms with van der Waals surface area (Å²) in [7, 11) is 0. The van der Waals surface area contributed by atoms with Crippen molar-refractivity contribution in [1.29, 1.82) is 0 Å². The molecule has 0 aliphatic heterocycles. The zero-order chi connectivity index (χ0) is 29.1. The van der Waals surface area contributed by atoms with Crippen LogP contribution in [0.4, 0.5) is 0 Å². The number of hydrogen-bond donors (Lipinski definition) is 1. The predicted octanol–water partition coefficient (Wildman–Crippen LogP) is 7.96. The highest BCUT2D eigenvalue weighted by atomic mass is 79.9. The first-order valence-electron chi connectivity index (χ1n) is 13.5. The molecule has 1 aromatic heterocycles. The molecule has 5 rings (SSSR count). The predicted molar refractivity (Wildman–Crippen MR) is 166 cm³/mol. The van der Waals surface area contributed by atoms with Gasteiger partial charge in [-0.05, 0) is 86.3 Å². The van der Waals surface area contributed by atoms with Crippen molar-refractivity contribution in [3.63, 3.8) is 0 Å². The molecule has 0 aliphatic carbocycles. The van der Waals surface area contributed by atoms with Gasteiger partial charge in [0, 0.05) is 15.4 Å². The van der Waals surface area contributed by atoms with E-state index in [0.717, 1.165) is 37.6 Å². The van der Waals surface area contributed by atoms with Gasteiger partial charge in [-0.3, -0.25) is 9.48 Å². The van der Waals surface area contributed by atoms with Gasteiger partial charge >= 0.3 is 5.97 Å². The Balaban J connectivity index is 1.29. The molecule has 5 aromatic rings. The average molecular weight is 611 g/mol. The van der Waals surface area contributed by atoms with E-state index >= 15 is 0 Å². The molecule has 0 unspecified atom stereocenters. The summed E-state index contributed by atoms with van der Waals surface area (Å²) in [5.74, 6) is -0.465. The number of nitrogens with zero attached hydrogens (tertiary/aromatic N) is 2. The molecule has 1 heterocycles. The van der Waals surface area contributed by atoms with Gasteiger partial charge in [0.2, 0.25) is 0 Å². The molecule has 0 saturated heterocycles. The zero-order valence-electron chi connectivity index (χ0n) is 23.5.